The van der Waals surface area contributed by atoms with Crippen LogP contribution in [-0.4, -0.2) is 29.5 Å². The van der Waals surface area contributed by atoms with E-state index in [1.54, 1.807) is 18.4 Å². The number of rotatable bonds is 6. The molecule has 26 heavy (non-hydrogen) atoms. The van der Waals surface area contributed by atoms with Crippen LogP contribution in [0.15, 0.2) is 40.8 Å². The lowest BCUT2D eigenvalue weighted by atomic mass is 10.1. The lowest BCUT2D eigenvalue weighted by molar-refractivity contribution is 0.777. The number of fused-ring (bicyclic) bond motifs is 1. The quantitative estimate of drug-likeness (QED) is 0.279. The number of hydrogen-bond donors (Lipinski definition) is 3. The zero-order valence-electron chi connectivity index (χ0n) is 15.4. The lowest BCUT2D eigenvalue weighted by Gasteiger charge is -2.10. The van der Waals surface area contributed by atoms with E-state index in [-0.39, 0.29) is 24.0 Å². The van der Waals surface area contributed by atoms with Crippen molar-refractivity contribution in [3.8, 4) is 0 Å². The van der Waals surface area contributed by atoms with E-state index in [4.69, 9.17) is 0 Å². The molecule has 0 atom stereocenters. The number of para-hydroxylation sites is 1. The van der Waals surface area contributed by atoms with Gasteiger partial charge in [-0.05, 0) is 18.1 Å². The topological polar surface area (TPSA) is 65.1 Å². The first kappa shape index (κ1) is 20.7. The lowest BCUT2D eigenvalue weighted by Crippen LogP contribution is -2.37. The van der Waals surface area contributed by atoms with Gasteiger partial charge in [-0.3, -0.25) is 4.99 Å². The molecule has 1 aromatic carbocycles. The van der Waals surface area contributed by atoms with E-state index in [9.17, 15) is 0 Å². The first-order valence-electron chi connectivity index (χ1n) is 8.61. The average molecular weight is 483 g/mol. The van der Waals surface area contributed by atoms with Crippen LogP contribution < -0.4 is 10.6 Å². The molecular weight excluding hydrogens is 457 g/mol. The molecule has 0 amide bonds. The minimum atomic E-state index is 0. The van der Waals surface area contributed by atoms with Gasteiger partial charge in [0.05, 0.1) is 17.2 Å². The maximum atomic E-state index is 4.64. The Morgan fingerprint density at radius 3 is 2.81 bits per heavy atom. The standard InChI is InChI=1S/C19H25N5S.HI/c1-13(2)18-24-15(12-25-18)11-23-19(20-3)21-9-8-14-10-22-17-7-5-4-6-16(14)17;/h4-7,10,12-13,22H,8-9,11H2,1-3H3,(H2,20,21,23);1H. The van der Waals surface area contributed by atoms with Crippen molar-refractivity contribution in [3.63, 3.8) is 0 Å². The number of benzene rings is 1. The van der Waals surface area contributed by atoms with Gasteiger partial charge >= 0.3 is 0 Å². The third kappa shape index (κ3) is 5.20. The van der Waals surface area contributed by atoms with E-state index >= 15 is 0 Å². The summed E-state index contributed by atoms with van der Waals surface area (Å²) in [5.74, 6) is 1.28. The molecule has 5 nitrogen and oxygen atoms in total. The summed E-state index contributed by atoms with van der Waals surface area (Å²) < 4.78 is 0. The Kier molecular flexibility index (Phi) is 7.89. The van der Waals surface area contributed by atoms with Crippen molar-refractivity contribution in [2.24, 2.45) is 4.99 Å². The first-order chi connectivity index (χ1) is 12.2. The molecule has 0 spiro atoms. The third-order valence-corrected chi connectivity index (χ3v) is 5.28. The summed E-state index contributed by atoms with van der Waals surface area (Å²) in [4.78, 5) is 12.2. The minimum Gasteiger partial charge on any atom is -0.361 e. The van der Waals surface area contributed by atoms with Crippen LogP contribution >= 0.6 is 35.3 Å². The predicted octanol–water partition coefficient (Wildman–Crippen LogP) is 4.27. The fraction of sp³-hybridized carbons (Fsp3) is 0.368. The highest BCUT2D eigenvalue weighted by atomic mass is 127. The van der Waals surface area contributed by atoms with Crippen molar-refractivity contribution < 1.29 is 0 Å². The largest absolute Gasteiger partial charge is 0.361 e. The Balaban J connectivity index is 0.00000243. The van der Waals surface area contributed by atoms with Crippen molar-refractivity contribution in [3.05, 3.63) is 52.1 Å². The van der Waals surface area contributed by atoms with Gasteiger partial charge in [-0.1, -0.05) is 32.0 Å². The molecule has 140 valence electrons. The summed E-state index contributed by atoms with van der Waals surface area (Å²) in [5.41, 5.74) is 3.57. The molecular formula is C19H26IN5S. The van der Waals surface area contributed by atoms with Gasteiger partial charge in [-0.25, -0.2) is 4.98 Å². The summed E-state index contributed by atoms with van der Waals surface area (Å²) in [7, 11) is 1.79. The average Bonchev–Trinajstić information content (AvgIpc) is 3.25. The Morgan fingerprint density at radius 1 is 1.27 bits per heavy atom. The molecule has 0 saturated carbocycles. The molecule has 0 aliphatic carbocycles. The molecule has 0 fully saturated rings. The van der Waals surface area contributed by atoms with Crippen LogP contribution in [0.4, 0.5) is 0 Å². The Hall–Kier alpha value is -1.61. The van der Waals surface area contributed by atoms with Gasteiger partial charge < -0.3 is 15.6 Å². The van der Waals surface area contributed by atoms with Gasteiger partial charge in [-0.15, -0.1) is 35.3 Å². The Bertz CT molecular complexity index is 852. The van der Waals surface area contributed by atoms with E-state index in [0.29, 0.717) is 12.5 Å². The molecule has 0 bridgehead atoms. The second kappa shape index (κ2) is 9.91. The highest BCUT2D eigenvalue weighted by molar-refractivity contribution is 14.0. The minimum absolute atomic E-state index is 0. The summed E-state index contributed by atoms with van der Waals surface area (Å²) in [6.45, 7) is 5.86. The maximum absolute atomic E-state index is 4.64. The number of hydrogen-bond acceptors (Lipinski definition) is 3. The number of nitrogens with one attached hydrogen (secondary N) is 3. The second-order valence-electron chi connectivity index (χ2n) is 6.29. The molecule has 2 heterocycles. The molecule has 0 aliphatic heterocycles. The summed E-state index contributed by atoms with van der Waals surface area (Å²) in [6, 6.07) is 8.39. The van der Waals surface area contributed by atoms with Gasteiger partial charge in [0.1, 0.15) is 0 Å². The highest BCUT2D eigenvalue weighted by Crippen LogP contribution is 2.19. The predicted molar refractivity (Wildman–Crippen MR) is 122 cm³/mol. The monoisotopic (exact) mass is 483 g/mol. The molecule has 0 saturated heterocycles. The number of aromatic nitrogens is 2. The fourth-order valence-electron chi connectivity index (χ4n) is 2.72. The zero-order valence-corrected chi connectivity index (χ0v) is 18.5. The molecule has 3 aromatic rings. The number of aromatic amines is 1. The molecule has 7 heteroatoms. The molecule has 3 N–H and O–H groups in total. The highest BCUT2D eigenvalue weighted by Gasteiger charge is 2.07. The number of aliphatic imine (C=N–C) groups is 1. The molecule has 0 aliphatic rings. The van der Waals surface area contributed by atoms with Crippen LogP contribution in [0.1, 0.15) is 36.0 Å². The van der Waals surface area contributed by atoms with Crippen LogP contribution in [0.2, 0.25) is 0 Å². The van der Waals surface area contributed by atoms with Gasteiger partial charge in [0.15, 0.2) is 5.96 Å². The van der Waals surface area contributed by atoms with Gasteiger partial charge in [0.2, 0.25) is 0 Å². The number of halogens is 1. The van der Waals surface area contributed by atoms with E-state index in [1.807, 2.05) is 0 Å². The van der Waals surface area contributed by atoms with Crippen LogP contribution in [0, 0.1) is 0 Å². The van der Waals surface area contributed by atoms with Crippen molar-refractivity contribution in [2.45, 2.75) is 32.7 Å². The summed E-state index contributed by atoms with van der Waals surface area (Å²) in [5, 5.41) is 11.3. The van der Waals surface area contributed by atoms with E-state index in [1.165, 1.54) is 21.5 Å². The summed E-state index contributed by atoms with van der Waals surface area (Å²) in [6.07, 6.45) is 3.03. The van der Waals surface area contributed by atoms with Gasteiger partial charge in [-0.2, -0.15) is 0 Å². The maximum Gasteiger partial charge on any atom is 0.191 e. The second-order valence-corrected chi connectivity index (χ2v) is 7.18. The third-order valence-electron chi connectivity index (χ3n) is 4.09. The molecule has 3 rings (SSSR count). The Labute approximate surface area is 175 Å². The molecule has 2 aromatic heterocycles. The van der Waals surface area contributed by atoms with E-state index in [0.717, 1.165) is 24.6 Å². The SMILES string of the molecule is CN=C(NCCc1c[nH]c2ccccc12)NCc1csc(C(C)C)n1.I. The van der Waals surface area contributed by atoms with Gasteiger partial charge in [0.25, 0.3) is 0 Å². The van der Waals surface area contributed by atoms with Crippen LogP contribution in [0.3, 0.4) is 0 Å². The van der Waals surface area contributed by atoms with Crippen LogP contribution in [0.5, 0.6) is 0 Å². The molecule has 0 unspecified atom stereocenters. The van der Waals surface area contributed by atoms with Gasteiger partial charge in [0, 0.05) is 42.0 Å². The fourth-order valence-corrected chi connectivity index (χ4v) is 3.55. The van der Waals surface area contributed by atoms with E-state index < -0.39 is 0 Å². The zero-order chi connectivity index (χ0) is 17.6. The normalized spacial score (nSPS) is 11.6. The van der Waals surface area contributed by atoms with Crippen molar-refractivity contribution in [2.75, 3.05) is 13.6 Å². The smallest absolute Gasteiger partial charge is 0.191 e. The number of nitrogens with zero attached hydrogens (tertiary/aromatic N) is 2. The first-order valence-corrected chi connectivity index (χ1v) is 9.49. The Morgan fingerprint density at radius 2 is 2.08 bits per heavy atom. The van der Waals surface area contributed by atoms with Crippen LogP contribution in [0.25, 0.3) is 10.9 Å². The van der Waals surface area contributed by atoms with Crippen molar-refractivity contribution in [1.29, 1.82) is 0 Å². The molecule has 0 radical (unpaired) electrons. The van der Waals surface area contributed by atoms with Crippen molar-refractivity contribution in [1.82, 2.24) is 20.6 Å². The number of thiazole rings is 1. The van der Waals surface area contributed by atoms with Crippen molar-refractivity contribution >= 4 is 52.2 Å². The number of H-pyrrole nitrogens is 1. The van der Waals surface area contributed by atoms with E-state index in [2.05, 4.69) is 75.3 Å². The van der Waals surface area contributed by atoms with Crippen LogP contribution in [-0.2, 0) is 13.0 Å². The summed E-state index contributed by atoms with van der Waals surface area (Å²) >= 11 is 1.72. The number of guanidine groups is 1.